The molecule has 0 radical (unpaired) electrons. The molecule has 0 atom stereocenters. The molecule has 3 rings (SSSR count). The highest BCUT2D eigenvalue weighted by atomic mass is 15.0. The van der Waals surface area contributed by atoms with Crippen molar-refractivity contribution < 1.29 is 0 Å². The van der Waals surface area contributed by atoms with Gasteiger partial charge in [-0.15, -0.1) is 0 Å². The Morgan fingerprint density at radius 3 is 2.74 bits per heavy atom. The van der Waals surface area contributed by atoms with Crippen molar-refractivity contribution in [3.8, 4) is 11.4 Å². The summed E-state index contributed by atoms with van der Waals surface area (Å²) < 4.78 is 0. The van der Waals surface area contributed by atoms with E-state index in [0.29, 0.717) is 0 Å². The second-order valence-corrected chi connectivity index (χ2v) is 4.34. The van der Waals surface area contributed by atoms with Crippen LogP contribution in [0, 0.1) is 6.92 Å². The van der Waals surface area contributed by atoms with E-state index in [1.54, 1.807) is 6.20 Å². The van der Waals surface area contributed by atoms with E-state index in [1.807, 2.05) is 50.4 Å². The van der Waals surface area contributed by atoms with Gasteiger partial charge in [-0.05, 0) is 19.1 Å². The zero-order valence-electron chi connectivity index (χ0n) is 10.9. The fraction of sp³-hybridized carbons (Fsp3) is 0.133. The van der Waals surface area contributed by atoms with E-state index in [-0.39, 0.29) is 0 Å². The van der Waals surface area contributed by atoms with Crippen LogP contribution in [0.1, 0.15) is 5.69 Å². The number of nitrogens with one attached hydrogen (secondary N) is 1. The van der Waals surface area contributed by atoms with Gasteiger partial charge in [-0.25, -0.2) is 9.97 Å². The lowest BCUT2D eigenvalue weighted by Gasteiger charge is -2.07. The lowest BCUT2D eigenvalue weighted by atomic mass is 10.1. The predicted octanol–water partition coefficient (Wildman–Crippen LogP) is 3.04. The quantitative estimate of drug-likeness (QED) is 0.759. The Morgan fingerprint density at radius 1 is 1.05 bits per heavy atom. The maximum Gasteiger partial charge on any atom is 0.162 e. The van der Waals surface area contributed by atoms with Crippen LogP contribution >= 0.6 is 0 Å². The smallest absolute Gasteiger partial charge is 0.162 e. The van der Waals surface area contributed by atoms with Gasteiger partial charge >= 0.3 is 0 Å². The molecule has 2 aromatic heterocycles. The predicted molar refractivity (Wildman–Crippen MR) is 77.1 cm³/mol. The number of aromatic nitrogens is 3. The summed E-state index contributed by atoms with van der Waals surface area (Å²) in [6.07, 6.45) is 1.79. The van der Waals surface area contributed by atoms with E-state index < -0.39 is 0 Å². The molecule has 0 aliphatic heterocycles. The van der Waals surface area contributed by atoms with Crippen LogP contribution in [0.15, 0.2) is 42.6 Å². The molecule has 0 amide bonds. The van der Waals surface area contributed by atoms with Gasteiger partial charge in [0.25, 0.3) is 0 Å². The van der Waals surface area contributed by atoms with E-state index in [0.717, 1.165) is 33.8 Å². The molecule has 2 heterocycles. The Labute approximate surface area is 111 Å². The molecule has 1 aromatic carbocycles. The maximum absolute atomic E-state index is 4.52. The van der Waals surface area contributed by atoms with Gasteiger partial charge in [0.05, 0.1) is 5.52 Å². The molecular weight excluding hydrogens is 236 g/mol. The molecule has 0 bridgehead atoms. The van der Waals surface area contributed by atoms with Gasteiger partial charge in [0.15, 0.2) is 5.82 Å². The molecular formula is C15H14N4. The zero-order chi connectivity index (χ0) is 13.2. The Hall–Kier alpha value is -2.49. The second-order valence-electron chi connectivity index (χ2n) is 4.34. The van der Waals surface area contributed by atoms with Crippen LogP contribution in [0.2, 0.25) is 0 Å². The van der Waals surface area contributed by atoms with Gasteiger partial charge in [0, 0.05) is 36.0 Å². The summed E-state index contributed by atoms with van der Waals surface area (Å²) in [5.41, 5.74) is 2.90. The number of rotatable bonds is 2. The molecule has 0 aliphatic rings. The highest BCUT2D eigenvalue weighted by Gasteiger charge is 2.08. The van der Waals surface area contributed by atoms with Crippen LogP contribution < -0.4 is 5.32 Å². The summed E-state index contributed by atoms with van der Waals surface area (Å²) in [4.78, 5) is 13.4. The monoisotopic (exact) mass is 250 g/mol. The molecule has 0 saturated heterocycles. The van der Waals surface area contributed by atoms with E-state index in [4.69, 9.17) is 0 Å². The molecule has 19 heavy (non-hydrogen) atoms. The highest BCUT2D eigenvalue weighted by Crippen LogP contribution is 2.25. The summed E-state index contributed by atoms with van der Waals surface area (Å²) >= 11 is 0. The molecule has 1 N–H and O–H groups in total. The second kappa shape index (κ2) is 4.65. The van der Waals surface area contributed by atoms with Crippen molar-refractivity contribution in [2.75, 3.05) is 12.4 Å². The van der Waals surface area contributed by atoms with E-state index >= 15 is 0 Å². The van der Waals surface area contributed by atoms with Crippen LogP contribution in [0.3, 0.4) is 0 Å². The number of fused-ring (bicyclic) bond motifs is 1. The molecule has 0 unspecified atom stereocenters. The third kappa shape index (κ3) is 2.12. The first-order valence-corrected chi connectivity index (χ1v) is 6.15. The molecule has 4 nitrogen and oxygen atoms in total. The van der Waals surface area contributed by atoms with Gasteiger partial charge in [0.1, 0.15) is 5.82 Å². The Bertz CT molecular complexity index is 732. The van der Waals surface area contributed by atoms with Gasteiger partial charge in [-0.2, -0.15) is 0 Å². The minimum atomic E-state index is 0.725. The first-order chi connectivity index (χ1) is 9.28. The lowest BCUT2D eigenvalue weighted by Crippen LogP contribution is -1.99. The van der Waals surface area contributed by atoms with Crippen LogP contribution in [0.4, 0.5) is 5.82 Å². The fourth-order valence-corrected chi connectivity index (χ4v) is 2.11. The van der Waals surface area contributed by atoms with Crippen molar-refractivity contribution in [1.82, 2.24) is 15.0 Å². The largest absolute Gasteiger partial charge is 0.373 e. The minimum Gasteiger partial charge on any atom is -0.373 e. The maximum atomic E-state index is 4.52. The molecule has 3 aromatic rings. The van der Waals surface area contributed by atoms with Crippen LogP contribution in [0.5, 0.6) is 0 Å². The van der Waals surface area contributed by atoms with Crippen molar-refractivity contribution in [1.29, 1.82) is 0 Å². The zero-order valence-corrected chi connectivity index (χ0v) is 10.9. The normalized spacial score (nSPS) is 10.6. The average molecular weight is 250 g/mol. The van der Waals surface area contributed by atoms with Gasteiger partial charge in [-0.1, -0.05) is 18.2 Å². The number of para-hydroxylation sites is 1. The van der Waals surface area contributed by atoms with E-state index in [9.17, 15) is 0 Å². The standard InChI is InChI=1S/C15H14N4/c1-10-9-14(16-2)19-15(18-10)12-7-8-17-13-6-4-3-5-11(12)13/h3-9H,1-2H3,(H,16,18,19). The van der Waals surface area contributed by atoms with Crippen molar-refractivity contribution >= 4 is 16.7 Å². The molecule has 0 spiro atoms. The van der Waals surface area contributed by atoms with Gasteiger partial charge in [-0.3, -0.25) is 4.98 Å². The first-order valence-electron chi connectivity index (χ1n) is 6.15. The number of hydrogen-bond acceptors (Lipinski definition) is 4. The molecule has 0 saturated carbocycles. The number of aryl methyl sites for hydroxylation is 1. The highest BCUT2D eigenvalue weighted by molar-refractivity contribution is 5.92. The van der Waals surface area contributed by atoms with Crippen LogP contribution in [-0.4, -0.2) is 22.0 Å². The average Bonchev–Trinajstić information content (AvgIpc) is 2.46. The number of hydrogen-bond donors (Lipinski definition) is 1. The fourth-order valence-electron chi connectivity index (χ4n) is 2.11. The third-order valence-corrected chi connectivity index (χ3v) is 3.00. The first kappa shape index (κ1) is 11.6. The summed E-state index contributed by atoms with van der Waals surface area (Å²) in [7, 11) is 1.86. The molecule has 4 heteroatoms. The van der Waals surface area contributed by atoms with E-state index in [1.165, 1.54) is 0 Å². The van der Waals surface area contributed by atoms with Crippen molar-refractivity contribution in [3.05, 3.63) is 48.3 Å². The van der Waals surface area contributed by atoms with Gasteiger partial charge in [0.2, 0.25) is 0 Å². The Morgan fingerprint density at radius 2 is 1.89 bits per heavy atom. The van der Waals surface area contributed by atoms with Crippen molar-refractivity contribution in [2.24, 2.45) is 0 Å². The summed E-state index contributed by atoms with van der Waals surface area (Å²) in [5, 5.41) is 4.13. The van der Waals surface area contributed by atoms with Gasteiger partial charge < -0.3 is 5.32 Å². The van der Waals surface area contributed by atoms with Crippen LogP contribution in [0.25, 0.3) is 22.3 Å². The number of benzene rings is 1. The summed E-state index contributed by atoms with van der Waals surface area (Å²) in [6, 6.07) is 11.9. The summed E-state index contributed by atoms with van der Waals surface area (Å²) in [5.74, 6) is 1.55. The molecule has 0 aliphatic carbocycles. The molecule has 94 valence electrons. The van der Waals surface area contributed by atoms with Crippen LogP contribution in [-0.2, 0) is 0 Å². The Kier molecular flexibility index (Phi) is 2.83. The number of pyridine rings is 1. The van der Waals surface area contributed by atoms with E-state index in [2.05, 4.69) is 20.3 Å². The molecule has 0 fully saturated rings. The SMILES string of the molecule is CNc1cc(C)nc(-c2ccnc3ccccc23)n1. The topological polar surface area (TPSA) is 50.7 Å². The number of anilines is 1. The van der Waals surface area contributed by atoms with Crippen molar-refractivity contribution in [3.63, 3.8) is 0 Å². The Balaban J connectivity index is 2.27. The van der Waals surface area contributed by atoms with Crippen molar-refractivity contribution in [2.45, 2.75) is 6.92 Å². The lowest BCUT2D eigenvalue weighted by molar-refractivity contribution is 1.11. The number of nitrogens with zero attached hydrogens (tertiary/aromatic N) is 3. The third-order valence-electron chi connectivity index (χ3n) is 3.00. The minimum absolute atomic E-state index is 0.725. The summed E-state index contributed by atoms with van der Waals surface area (Å²) in [6.45, 7) is 1.97.